The number of carbonyl (C=O) groups is 1. The van der Waals surface area contributed by atoms with Gasteiger partial charge in [0.2, 0.25) is 5.91 Å². The van der Waals surface area contributed by atoms with Crippen LogP contribution in [0.25, 0.3) is 0 Å². The van der Waals surface area contributed by atoms with Crippen molar-refractivity contribution in [3.63, 3.8) is 0 Å². The van der Waals surface area contributed by atoms with Gasteiger partial charge in [-0.2, -0.15) is 0 Å². The second kappa shape index (κ2) is 8.74. The monoisotopic (exact) mass is 295 g/mol. The Hall–Kier alpha value is -0.610. The summed E-state index contributed by atoms with van der Waals surface area (Å²) in [6.07, 6.45) is 12.2. The van der Waals surface area contributed by atoms with Gasteiger partial charge in [-0.05, 0) is 45.6 Å². The molecule has 2 saturated carbocycles. The van der Waals surface area contributed by atoms with Crippen molar-refractivity contribution >= 4 is 5.91 Å². The van der Waals surface area contributed by atoms with Crippen LogP contribution in [-0.4, -0.2) is 42.0 Å². The lowest BCUT2D eigenvalue weighted by Gasteiger charge is -2.35. The predicted octanol–water partition coefficient (Wildman–Crippen LogP) is 2.42. The largest absolute Gasteiger partial charge is 0.352 e. The molecule has 0 aliphatic heterocycles. The van der Waals surface area contributed by atoms with Gasteiger partial charge in [0.15, 0.2) is 0 Å². The van der Waals surface area contributed by atoms with Crippen LogP contribution in [0.1, 0.15) is 71.1 Å². The molecule has 0 aromatic heterocycles. The van der Waals surface area contributed by atoms with Gasteiger partial charge in [0.1, 0.15) is 0 Å². The van der Waals surface area contributed by atoms with Gasteiger partial charge in [-0.3, -0.25) is 9.69 Å². The summed E-state index contributed by atoms with van der Waals surface area (Å²) in [6.45, 7) is 3.74. The minimum absolute atomic E-state index is 0.0124. The highest BCUT2D eigenvalue weighted by molar-refractivity contribution is 5.81. The van der Waals surface area contributed by atoms with Crippen LogP contribution in [0, 0.1) is 0 Å². The summed E-state index contributed by atoms with van der Waals surface area (Å²) in [5.74, 6) is 0.228. The summed E-state index contributed by atoms with van der Waals surface area (Å²) in [4.78, 5) is 15.0. The first kappa shape index (κ1) is 16.8. The van der Waals surface area contributed by atoms with Crippen LogP contribution in [0.3, 0.4) is 0 Å². The average molecular weight is 295 g/mol. The van der Waals surface area contributed by atoms with E-state index < -0.39 is 0 Å². The third-order valence-corrected chi connectivity index (χ3v) is 5.24. The molecule has 4 nitrogen and oxygen atoms in total. The molecule has 2 aliphatic rings. The van der Waals surface area contributed by atoms with Gasteiger partial charge in [-0.15, -0.1) is 0 Å². The molecule has 2 fully saturated rings. The molecular formula is C17H33N3O. The maximum absolute atomic E-state index is 12.6. The van der Waals surface area contributed by atoms with Gasteiger partial charge in [-0.25, -0.2) is 0 Å². The molecule has 0 radical (unpaired) electrons. The van der Waals surface area contributed by atoms with Crippen LogP contribution < -0.4 is 11.1 Å². The summed E-state index contributed by atoms with van der Waals surface area (Å²) in [5, 5.41) is 3.29. The lowest BCUT2D eigenvalue weighted by Crippen LogP contribution is -2.52. The van der Waals surface area contributed by atoms with Gasteiger partial charge in [0.05, 0.1) is 6.04 Å². The van der Waals surface area contributed by atoms with Crippen molar-refractivity contribution in [3.8, 4) is 0 Å². The second-order valence-corrected chi connectivity index (χ2v) is 6.84. The van der Waals surface area contributed by atoms with Crippen LogP contribution in [0.4, 0.5) is 0 Å². The number of amides is 1. The Morgan fingerprint density at radius 2 is 1.76 bits per heavy atom. The summed E-state index contributed by atoms with van der Waals surface area (Å²) < 4.78 is 0. The molecule has 2 rings (SSSR count). The lowest BCUT2D eigenvalue weighted by molar-refractivity contribution is -0.127. The van der Waals surface area contributed by atoms with Crippen molar-refractivity contribution in [2.24, 2.45) is 5.73 Å². The minimum atomic E-state index is -0.0124. The number of hydrogen-bond donors (Lipinski definition) is 2. The fourth-order valence-corrected chi connectivity index (χ4v) is 3.92. The Balaban J connectivity index is 1.88. The van der Waals surface area contributed by atoms with Crippen molar-refractivity contribution < 1.29 is 4.79 Å². The van der Waals surface area contributed by atoms with Gasteiger partial charge in [0, 0.05) is 18.6 Å². The summed E-state index contributed by atoms with van der Waals surface area (Å²) in [5.41, 5.74) is 5.67. The molecule has 0 aromatic rings. The fraction of sp³-hybridized carbons (Fsp3) is 0.941. The van der Waals surface area contributed by atoms with E-state index in [4.69, 9.17) is 5.73 Å². The highest BCUT2D eigenvalue weighted by atomic mass is 16.2. The molecule has 1 amide bonds. The van der Waals surface area contributed by atoms with E-state index in [1.165, 1.54) is 44.9 Å². The van der Waals surface area contributed by atoms with E-state index in [2.05, 4.69) is 17.1 Å². The Kier molecular flexibility index (Phi) is 6.97. The van der Waals surface area contributed by atoms with Gasteiger partial charge >= 0.3 is 0 Å². The van der Waals surface area contributed by atoms with Crippen molar-refractivity contribution in [3.05, 3.63) is 0 Å². The number of hydrogen-bond acceptors (Lipinski definition) is 3. The zero-order valence-corrected chi connectivity index (χ0v) is 13.7. The number of rotatable bonds is 7. The minimum Gasteiger partial charge on any atom is -0.352 e. The Bertz CT molecular complexity index is 309. The zero-order chi connectivity index (χ0) is 15.1. The smallest absolute Gasteiger partial charge is 0.237 e. The molecule has 1 atom stereocenters. The zero-order valence-electron chi connectivity index (χ0n) is 13.7. The van der Waals surface area contributed by atoms with Gasteiger partial charge in [-0.1, -0.05) is 32.1 Å². The summed E-state index contributed by atoms with van der Waals surface area (Å²) in [7, 11) is 0. The predicted molar refractivity (Wildman–Crippen MR) is 87.1 cm³/mol. The summed E-state index contributed by atoms with van der Waals surface area (Å²) >= 11 is 0. The highest BCUT2D eigenvalue weighted by Crippen LogP contribution is 2.25. The number of nitrogens with one attached hydrogen (secondary N) is 1. The van der Waals surface area contributed by atoms with E-state index >= 15 is 0 Å². The molecule has 1 unspecified atom stereocenters. The lowest BCUT2D eigenvalue weighted by atomic mass is 9.95. The first-order valence-corrected chi connectivity index (χ1v) is 8.98. The standard InChI is InChI=1S/C17H33N3O/c1-14(17(21)19-15-8-3-2-4-9-15)20(13-7-12-18)16-10-5-6-11-16/h14-16H,2-13,18H2,1H3,(H,19,21). The van der Waals surface area contributed by atoms with Crippen molar-refractivity contribution in [2.75, 3.05) is 13.1 Å². The van der Waals surface area contributed by atoms with E-state index in [0.29, 0.717) is 18.6 Å². The third kappa shape index (κ3) is 4.96. The summed E-state index contributed by atoms with van der Waals surface area (Å²) in [6, 6.07) is 0.985. The van der Waals surface area contributed by atoms with Gasteiger partial charge < -0.3 is 11.1 Å². The Labute approximate surface area is 129 Å². The van der Waals surface area contributed by atoms with Crippen molar-refractivity contribution in [1.29, 1.82) is 0 Å². The second-order valence-electron chi connectivity index (χ2n) is 6.84. The van der Waals surface area contributed by atoms with Crippen LogP contribution in [0.5, 0.6) is 0 Å². The van der Waals surface area contributed by atoms with Crippen molar-refractivity contribution in [2.45, 2.75) is 89.3 Å². The number of nitrogens with zero attached hydrogens (tertiary/aromatic N) is 1. The fourth-order valence-electron chi connectivity index (χ4n) is 3.92. The van der Waals surface area contributed by atoms with Crippen LogP contribution in [-0.2, 0) is 4.79 Å². The van der Waals surface area contributed by atoms with E-state index in [0.717, 1.165) is 25.8 Å². The molecule has 0 heterocycles. The Morgan fingerprint density at radius 3 is 2.38 bits per heavy atom. The topological polar surface area (TPSA) is 58.4 Å². The van der Waals surface area contributed by atoms with Crippen LogP contribution >= 0.6 is 0 Å². The molecule has 0 aromatic carbocycles. The molecule has 0 spiro atoms. The van der Waals surface area contributed by atoms with E-state index in [1.54, 1.807) is 0 Å². The molecule has 0 saturated heterocycles. The average Bonchev–Trinajstić information content (AvgIpc) is 3.02. The number of nitrogens with two attached hydrogens (primary N) is 1. The van der Waals surface area contributed by atoms with Crippen molar-refractivity contribution in [1.82, 2.24) is 10.2 Å². The number of carbonyl (C=O) groups excluding carboxylic acids is 1. The molecule has 3 N–H and O–H groups in total. The third-order valence-electron chi connectivity index (χ3n) is 5.24. The van der Waals surface area contributed by atoms with Gasteiger partial charge in [0.25, 0.3) is 0 Å². The van der Waals surface area contributed by atoms with E-state index in [1.807, 2.05) is 0 Å². The molecule has 0 bridgehead atoms. The molecule has 21 heavy (non-hydrogen) atoms. The van der Waals surface area contributed by atoms with E-state index in [-0.39, 0.29) is 11.9 Å². The first-order valence-electron chi connectivity index (χ1n) is 8.98. The maximum atomic E-state index is 12.6. The van der Waals surface area contributed by atoms with E-state index in [9.17, 15) is 4.79 Å². The highest BCUT2D eigenvalue weighted by Gasteiger charge is 2.30. The quantitative estimate of drug-likeness (QED) is 0.758. The molecule has 4 heteroatoms. The first-order chi connectivity index (χ1) is 10.2. The molecular weight excluding hydrogens is 262 g/mol. The van der Waals surface area contributed by atoms with Crippen LogP contribution in [0.2, 0.25) is 0 Å². The Morgan fingerprint density at radius 1 is 1.14 bits per heavy atom. The normalized spacial score (nSPS) is 22.6. The maximum Gasteiger partial charge on any atom is 0.237 e. The molecule has 122 valence electrons. The SMILES string of the molecule is CC(C(=O)NC1CCCCC1)N(CCCN)C1CCCC1. The molecule has 2 aliphatic carbocycles. The van der Waals surface area contributed by atoms with Crippen LogP contribution in [0.15, 0.2) is 0 Å².